The van der Waals surface area contributed by atoms with Crippen LogP contribution < -0.4 is 11.1 Å². The molecule has 0 aromatic rings. The van der Waals surface area contributed by atoms with Crippen molar-refractivity contribution >= 4 is 5.91 Å². The molecule has 0 aromatic heterocycles. The van der Waals surface area contributed by atoms with Crippen molar-refractivity contribution in [1.82, 2.24) is 5.32 Å². The van der Waals surface area contributed by atoms with E-state index in [1.165, 1.54) is 12.8 Å². The zero-order valence-corrected chi connectivity index (χ0v) is 11.6. The van der Waals surface area contributed by atoms with Crippen LogP contribution in [0.15, 0.2) is 0 Å². The summed E-state index contributed by atoms with van der Waals surface area (Å²) in [5, 5.41) is 3.04. The topological polar surface area (TPSA) is 55.1 Å². The standard InChI is InChI=1S/C14H28N2O/c1-14(2,3)8-4-5-9-16-13(17)11-6-7-12(15)10-11/h11-12H,4-10,15H2,1-3H3,(H,16,17). The Labute approximate surface area is 106 Å². The third kappa shape index (κ3) is 6.06. The first kappa shape index (κ1) is 14.5. The van der Waals surface area contributed by atoms with Gasteiger partial charge in [0.1, 0.15) is 0 Å². The normalized spacial score (nSPS) is 24.9. The van der Waals surface area contributed by atoms with Crippen LogP contribution in [0, 0.1) is 11.3 Å². The minimum absolute atomic E-state index is 0.174. The summed E-state index contributed by atoms with van der Waals surface area (Å²) >= 11 is 0. The first-order valence-electron chi connectivity index (χ1n) is 6.92. The Morgan fingerprint density at radius 1 is 1.29 bits per heavy atom. The Kier molecular flexibility index (Phi) is 5.44. The molecule has 0 saturated heterocycles. The monoisotopic (exact) mass is 240 g/mol. The van der Waals surface area contributed by atoms with Crippen molar-refractivity contribution in [3.8, 4) is 0 Å². The molecule has 0 aliphatic heterocycles. The number of amides is 1. The van der Waals surface area contributed by atoms with Gasteiger partial charge in [0.25, 0.3) is 0 Å². The van der Waals surface area contributed by atoms with Crippen molar-refractivity contribution in [1.29, 1.82) is 0 Å². The van der Waals surface area contributed by atoms with Crippen LogP contribution in [0.4, 0.5) is 0 Å². The van der Waals surface area contributed by atoms with E-state index in [0.29, 0.717) is 5.41 Å². The number of hydrogen-bond acceptors (Lipinski definition) is 2. The van der Waals surface area contributed by atoms with Crippen molar-refractivity contribution in [3.05, 3.63) is 0 Å². The number of nitrogens with one attached hydrogen (secondary N) is 1. The molecule has 1 saturated carbocycles. The van der Waals surface area contributed by atoms with E-state index >= 15 is 0 Å². The molecule has 1 fully saturated rings. The van der Waals surface area contributed by atoms with Crippen molar-refractivity contribution in [2.24, 2.45) is 17.1 Å². The predicted molar refractivity (Wildman–Crippen MR) is 71.6 cm³/mol. The van der Waals surface area contributed by atoms with Gasteiger partial charge in [-0.2, -0.15) is 0 Å². The molecule has 3 nitrogen and oxygen atoms in total. The molecule has 3 N–H and O–H groups in total. The summed E-state index contributed by atoms with van der Waals surface area (Å²) in [4.78, 5) is 11.8. The van der Waals surface area contributed by atoms with Gasteiger partial charge in [0.15, 0.2) is 0 Å². The minimum atomic E-state index is 0.174. The maximum atomic E-state index is 11.8. The van der Waals surface area contributed by atoms with Crippen LogP contribution in [0.3, 0.4) is 0 Å². The Balaban J connectivity index is 2.05. The smallest absolute Gasteiger partial charge is 0.223 e. The van der Waals surface area contributed by atoms with Gasteiger partial charge < -0.3 is 11.1 Å². The molecule has 0 aromatic carbocycles. The van der Waals surface area contributed by atoms with Gasteiger partial charge >= 0.3 is 0 Å². The van der Waals surface area contributed by atoms with Gasteiger partial charge in [0.05, 0.1) is 0 Å². The molecule has 17 heavy (non-hydrogen) atoms. The molecule has 1 amide bonds. The van der Waals surface area contributed by atoms with Gasteiger partial charge in [-0.05, 0) is 37.5 Å². The first-order chi connectivity index (χ1) is 7.88. The van der Waals surface area contributed by atoms with Crippen LogP contribution in [0.25, 0.3) is 0 Å². The molecule has 1 aliphatic carbocycles. The predicted octanol–water partition coefficient (Wildman–Crippen LogP) is 2.45. The summed E-state index contributed by atoms with van der Waals surface area (Å²) in [7, 11) is 0. The van der Waals surface area contributed by atoms with Crippen LogP contribution in [-0.4, -0.2) is 18.5 Å². The summed E-state index contributed by atoms with van der Waals surface area (Å²) in [6.45, 7) is 7.59. The molecule has 2 unspecified atom stereocenters. The largest absolute Gasteiger partial charge is 0.356 e. The molecular weight excluding hydrogens is 212 g/mol. The average molecular weight is 240 g/mol. The molecule has 0 heterocycles. The van der Waals surface area contributed by atoms with Gasteiger partial charge in [-0.3, -0.25) is 4.79 Å². The highest BCUT2D eigenvalue weighted by Gasteiger charge is 2.27. The molecule has 1 rings (SSSR count). The summed E-state index contributed by atoms with van der Waals surface area (Å²) in [5.41, 5.74) is 6.21. The highest BCUT2D eigenvalue weighted by atomic mass is 16.1. The maximum absolute atomic E-state index is 11.8. The second-order valence-electron chi connectivity index (χ2n) is 6.58. The second-order valence-corrected chi connectivity index (χ2v) is 6.58. The van der Waals surface area contributed by atoms with E-state index < -0.39 is 0 Å². The number of carbonyl (C=O) groups excluding carboxylic acids is 1. The van der Waals surface area contributed by atoms with E-state index in [-0.39, 0.29) is 17.9 Å². The minimum Gasteiger partial charge on any atom is -0.356 e. The molecule has 1 aliphatic rings. The van der Waals surface area contributed by atoms with Gasteiger partial charge in [0.2, 0.25) is 5.91 Å². The molecule has 0 bridgehead atoms. The van der Waals surface area contributed by atoms with E-state index in [9.17, 15) is 4.79 Å². The van der Waals surface area contributed by atoms with Crippen LogP contribution in [0.2, 0.25) is 0 Å². The number of nitrogens with two attached hydrogens (primary N) is 1. The molecular formula is C14H28N2O. The zero-order chi connectivity index (χ0) is 12.9. The molecule has 0 radical (unpaired) electrons. The number of carbonyl (C=O) groups is 1. The van der Waals surface area contributed by atoms with Crippen LogP contribution in [0.1, 0.15) is 59.3 Å². The second kappa shape index (κ2) is 6.39. The van der Waals surface area contributed by atoms with E-state index in [1.807, 2.05) is 0 Å². The SMILES string of the molecule is CC(C)(C)CCCCNC(=O)C1CCC(N)C1. The van der Waals surface area contributed by atoms with E-state index in [0.717, 1.165) is 32.2 Å². The van der Waals surface area contributed by atoms with E-state index in [1.54, 1.807) is 0 Å². The Morgan fingerprint density at radius 2 is 2.00 bits per heavy atom. The molecule has 0 spiro atoms. The average Bonchev–Trinajstić information content (AvgIpc) is 2.62. The molecule has 2 atom stereocenters. The van der Waals surface area contributed by atoms with Crippen molar-refractivity contribution in [3.63, 3.8) is 0 Å². The number of hydrogen-bond donors (Lipinski definition) is 2. The van der Waals surface area contributed by atoms with E-state index in [2.05, 4.69) is 26.1 Å². The lowest BCUT2D eigenvalue weighted by Crippen LogP contribution is -2.31. The number of unbranched alkanes of at least 4 members (excludes halogenated alkanes) is 1. The van der Waals surface area contributed by atoms with Gasteiger partial charge in [-0.15, -0.1) is 0 Å². The zero-order valence-electron chi connectivity index (χ0n) is 11.6. The number of rotatable bonds is 5. The van der Waals surface area contributed by atoms with Gasteiger partial charge in [-0.1, -0.05) is 27.2 Å². The fraction of sp³-hybridized carbons (Fsp3) is 0.929. The summed E-state index contributed by atoms with van der Waals surface area (Å²) in [6.07, 6.45) is 6.33. The summed E-state index contributed by atoms with van der Waals surface area (Å²) in [6, 6.07) is 0.242. The molecule has 3 heteroatoms. The van der Waals surface area contributed by atoms with Crippen LogP contribution in [-0.2, 0) is 4.79 Å². The molecule has 100 valence electrons. The van der Waals surface area contributed by atoms with E-state index in [4.69, 9.17) is 5.73 Å². The van der Waals surface area contributed by atoms with Crippen molar-refractivity contribution < 1.29 is 4.79 Å². The Hall–Kier alpha value is -0.570. The Bertz CT molecular complexity index is 245. The fourth-order valence-corrected chi connectivity index (χ4v) is 2.39. The van der Waals surface area contributed by atoms with Crippen LogP contribution >= 0.6 is 0 Å². The van der Waals surface area contributed by atoms with Gasteiger partial charge in [0, 0.05) is 18.5 Å². The highest BCUT2D eigenvalue weighted by Crippen LogP contribution is 2.24. The van der Waals surface area contributed by atoms with Gasteiger partial charge in [-0.25, -0.2) is 0 Å². The lowest BCUT2D eigenvalue weighted by Gasteiger charge is -2.17. The lowest BCUT2D eigenvalue weighted by molar-refractivity contribution is -0.124. The third-order valence-electron chi connectivity index (χ3n) is 3.50. The van der Waals surface area contributed by atoms with Crippen molar-refractivity contribution in [2.45, 2.75) is 65.3 Å². The summed E-state index contributed by atoms with van der Waals surface area (Å²) in [5.74, 6) is 0.390. The van der Waals surface area contributed by atoms with Crippen LogP contribution in [0.5, 0.6) is 0 Å². The highest BCUT2D eigenvalue weighted by molar-refractivity contribution is 5.78. The maximum Gasteiger partial charge on any atom is 0.223 e. The summed E-state index contributed by atoms with van der Waals surface area (Å²) < 4.78 is 0. The fourth-order valence-electron chi connectivity index (χ4n) is 2.39. The Morgan fingerprint density at radius 3 is 2.53 bits per heavy atom. The third-order valence-corrected chi connectivity index (χ3v) is 3.50. The van der Waals surface area contributed by atoms with Crippen molar-refractivity contribution in [2.75, 3.05) is 6.54 Å². The lowest BCUT2D eigenvalue weighted by atomic mass is 9.90. The quantitative estimate of drug-likeness (QED) is 0.725. The first-order valence-corrected chi connectivity index (χ1v) is 6.92.